The number of carbonyl (C=O) groups is 1. The summed E-state index contributed by atoms with van der Waals surface area (Å²) >= 11 is 5.98. The molecule has 0 bridgehead atoms. The second kappa shape index (κ2) is 7.43. The zero-order chi connectivity index (χ0) is 16.1. The van der Waals surface area contributed by atoms with E-state index in [9.17, 15) is 4.79 Å². The van der Waals surface area contributed by atoms with E-state index in [-0.39, 0.29) is 0 Å². The van der Waals surface area contributed by atoms with Gasteiger partial charge in [-0.25, -0.2) is 0 Å². The van der Waals surface area contributed by atoms with Gasteiger partial charge >= 0.3 is 0 Å². The molecule has 0 saturated carbocycles. The molecule has 1 saturated heterocycles. The fraction of sp³-hybridized carbons (Fsp3) is 0.400. The van der Waals surface area contributed by atoms with Crippen molar-refractivity contribution in [1.82, 2.24) is 15.0 Å². The van der Waals surface area contributed by atoms with E-state index in [1.807, 2.05) is 12.1 Å². The van der Waals surface area contributed by atoms with Crippen LogP contribution in [0.5, 0.6) is 0 Å². The van der Waals surface area contributed by atoms with Crippen molar-refractivity contribution in [2.75, 3.05) is 44.2 Å². The molecule has 0 amide bonds. The highest BCUT2D eigenvalue weighted by Crippen LogP contribution is 2.23. The molecule has 3 rings (SSSR count). The van der Waals surface area contributed by atoms with Crippen LogP contribution in [0.1, 0.15) is 0 Å². The van der Waals surface area contributed by atoms with Gasteiger partial charge in [0.05, 0.1) is 0 Å². The quantitative estimate of drug-likeness (QED) is 0.587. The number of benzene rings is 1. The molecule has 0 spiro atoms. The Morgan fingerprint density at radius 2 is 2.13 bits per heavy atom. The van der Waals surface area contributed by atoms with Gasteiger partial charge in [0.2, 0.25) is 0 Å². The molecule has 122 valence electrons. The monoisotopic (exact) mass is 336 g/mol. The van der Waals surface area contributed by atoms with E-state index in [0.717, 1.165) is 38.3 Å². The lowest BCUT2D eigenvalue weighted by molar-refractivity contribution is -0.129. The van der Waals surface area contributed by atoms with Gasteiger partial charge in [-0.2, -0.15) is 4.98 Å². The lowest BCUT2D eigenvalue weighted by Crippen LogP contribution is -2.47. The number of hydrogen-bond acceptors (Lipinski definition) is 7. The second-order valence-corrected chi connectivity index (χ2v) is 5.64. The van der Waals surface area contributed by atoms with Crippen LogP contribution in [0, 0.1) is 0 Å². The van der Waals surface area contributed by atoms with Crippen molar-refractivity contribution in [2.24, 2.45) is 0 Å². The minimum absolute atomic E-state index is 0.421. The molecule has 2 aromatic rings. The lowest BCUT2D eigenvalue weighted by atomic mass is 10.2. The van der Waals surface area contributed by atoms with Crippen LogP contribution in [0.2, 0.25) is 5.02 Å². The molecular weight excluding hydrogens is 320 g/mol. The summed E-state index contributed by atoms with van der Waals surface area (Å²) in [5, 5.41) is 4.69. The fourth-order valence-corrected chi connectivity index (χ4v) is 2.67. The van der Waals surface area contributed by atoms with Crippen molar-refractivity contribution in [1.29, 1.82) is 0 Å². The normalized spacial score (nSPS) is 15.6. The first-order chi connectivity index (χ1) is 11.3. The zero-order valence-electron chi connectivity index (χ0n) is 12.5. The molecule has 0 N–H and O–H groups in total. The number of ether oxygens (including phenoxy) is 1. The highest BCUT2D eigenvalue weighted by atomic mass is 35.5. The van der Waals surface area contributed by atoms with Crippen LogP contribution in [-0.4, -0.2) is 60.8 Å². The van der Waals surface area contributed by atoms with E-state index < -0.39 is 0 Å². The molecule has 2 heterocycles. The van der Waals surface area contributed by atoms with Gasteiger partial charge in [0, 0.05) is 43.3 Å². The maximum atomic E-state index is 10.1. The Hall–Kier alpha value is -2.12. The van der Waals surface area contributed by atoms with Crippen LogP contribution in [0.25, 0.3) is 11.5 Å². The Balaban J connectivity index is 1.58. The highest BCUT2D eigenvalue weighted by Gasteiger charge is 2.21. The number of anilines is 1. The second-order valence-electron chi connectivity index (χ2n) is 5.21. The maximum absolute atomic E-state index is 10.1. The molecule has 1 aromatic heterocycles. The maximum Gasteiger partial charge on any atom is 0.293 e. The van der Waals surface area contributed by atoms with Gasteiger partial charge < -0.3 is 14.2 Å². The van der Waals surface area contributed by atoms with Crippen LogP contribution in [-0.2, 0) is 9.53 Å². The van der Waals surface area contributed by atoms with Crippen LogP contribution < -0.4 is 4.90 Å². The Morgan fingerprint density at radius 3 is 2.87 bits per heavy atom. The number of carbonyl (C=O) groups excluding carboxylic acids is 1. The molecule has 23 heavy (non-hydrogen) atoms. The molecule has 7 nitrogen and oxygen atoms in total. The van der Waals surface area contributed by atoms with Gasteiger partial charge in [-0.05, 0) is 23.4 Å². The fourth-order valence-electron chi connectivity index (χ4n) is 2.48. The third-order valence-electron chi connectivity index (χ3n) is 3.74. The van der Waals surface area contributed by atoms with Gasteiger partial charge in [0.1, 0.15) is 6.61 Å². The van der Waals surface area contributed by atoms with E-state index in [0.29, 0.717) is 29.9 Å². The zero-order valence-corrected chi connectivity index (χ0v) is 13.3. The summed E-state index contributed by atoms with van der Waals surface area (Å²) in [7, 11) is 0. The number of halogens is 1. The van der Waals surface area contributed by atoms with E-state index in [1.54, 1.807) is 12.1 Å². The number of aromatic nitrogens is 2. The lowest BCUT2D eigenvalue weighted by Gasteiger charge is -2.33. The highest BCUT2D eigenvalue weighted by molar-refractivity contribution is 6.30. The largest absolute Gasteiger partial charge is 0.467 e. The first kappa shape index (κ1) is 15.8. The molecule has 1 fully saturated rings. The van der Waals surface area contributed by atoms with E-state index in [1.165, 1.54) is 0 Å². The average Bonchev–Trinajstić information content (AvgIpc) is 3.06. The molecule has 0 aliphatic carbocycles. The molecule has 0 unspecified atom stereocenters. The van der Waals surface area contributed by atoms with E-state index in [4.69, 9.17) is 20.9 Å². The third kappa shape index (κ3) is 4.00. The Bertz CT molecular complexity index is 656. The van der Waals surface area contributed by atoms with Gasteiger partial charge in [0.25, 0.3) is 18.3 Å². The van der Waals surface area contributed by atoms with Crippen molar-refractivity contribution in [3.63, 3.8) is 0 Å². The van der Waals surface area contributed by atoms with Crippen molar-refractivity contribution in [3.05, 3.63) is 29.3 Å². The number of piperazine rings is 1. The summed E-state index contributed by atoms with van der Waals surface area (Å²) in [5.74, 6) is 1.05. The van der Waals surface area contributed by atoms with Crippen molar-refractivity contribution < 1.29 is 14.1 Å². The summed E-state index contributed by atoms with van der Waals surface area (Å²) < 4.78 is 10.1. The standard InChI is InChI=1S/C15H17ClN4O3/c16-13-3-1-2-12(10-13)14-17-15(18-23-14)20-6-4-19(5-7-20)8-9-22-11-21/h1-3,10-11H,4-9H2. The van der Waals surface area contributed by atoms with Crippen LogP contribution in [0.3, 0.4) is 0 Å². The SMILES string of the molecule is O=COCCN1CCN(c2noc(-c3cccc(Cl)c3)n2)CC1. The van der Waals surface area contributed by atoms with Crippen LogP contribution >= 0.6 is 11.6 Å². The number of nitrogens with zero attached hydrogens (tertiary/aromatic N) is 4. The summed E-state index contributed by atoms with van der Waals surface area (Å²) in [6.45, 7) is 4.97. The Morgan fingerprint density at radius 1 is 1.30 bits per heavy atom. The van der Waals surface area contributed by atoms with Crippen molar-refractivity contribution in [2.45, 2.75) is 0 Å². The van der Waals surface area contributed by atoms with Gasteiger partial charge in [-0.1, -0.05) is 17.7 Å². The molecule has 1 aliphatic heterocycles. The topological polar surface area (TPSA) is 71.7 Å². The summed E-state index contributed by atoms with van der Waals surface area (Å²) in [5.41, 5.74) is 0.806. The Kier molecular flexibility index (Phi) is 5.09. The summed E-state index contributed by atoms with van der Waals surface area (Å²) in [6.07, 6.45) is 0. The molecule has 1 aromatic carbocycles. The average molecular weight is 337 g/mol. The van der Waals surface area contributed by atoms with E-state index in [2.05, 4.69) is 19.9 Å². The van der Waals surface area contributed by atoms with Gasteiger partial charge in [-0.15, -0.1) is 0 Å². The summed E-state index contributed by atoms with van der Waals surface area (Å²) in [6, 6.07) is 7.33. The first-order valence-electron chi connectivity index (χ1n) is 7.38. The Labute approximate surface area is 138 Å². The number of hydrogen-bond donors (Lipinski definition) is 0. The molecule has 8 heteroatoms. The minimum atomic E-state index is 0.421. The number of rotatable bonds is 6. The summed E-state index contributed by atoms with van der Waals surface area (Å²) in [4.78, 5) is 18.9. The molecule has 0 radical (unpaired) electrons. The van der Waals surface area contributed by atoms with Crippen LogP contribution in [0.4, 0.5) is 5.95 Å². The van der Waals surface area contributed by atoms with Crippen molar-refractivity contribution in [3.8, 4) is 11.5 Å². The smallest absolute Gasteiger partial charge is 0.293 e. The van der Waals surface area contributed by atoms with Crippen molar-refractivity contribution >= 4 is 24.0 Å². The first-order valence-corrected chi connectivity index (χ1v) is 7.76. The van der Waals surface area contributed by atoms with Crippen LogP contribution in [0.15, 0.2) is 28.8 Å². The molecular formula is C15H17ClN4O3. The van der Waals surface area contributed by atoms with E-state index >= 15 is 0 Å². The molecule has 1 aliphatic rings. The predicted molar refractivity (Wildman–Crippen MR) is 85.4 cm³/mol. The molecule has 0 atom stereocenters. The minimum Gasteiger partial charge on any atom is -0.467 e. The third-order valence-corrected chi connectivity index (χ3v) is 3.97. The van der Waals surface area contributed by atoms with Gasteiger partial charge in [0.15, 0.2) is 0 Å². The predicted octanol–water partition coefficient (Wildman–Crippen LogP) is 1.68. The van der Waals surface area contributed by atoms with Gasteiger partial charge in [-0.3, -0.25) is 9.69 Å².